The number of rotatable bonds is 2. The zero-order chi connectivity index (χ0) is 13.2. The molecule has 0 aromatic heterocycles. The Bertz CT molecular complexity index is 380. The summed E-state index contributed by atoms with van der Waals surface area (Å²) >= 11 is 1.69. The summed E-state index contributed by atoms with van der Waals surface area (Å²) in [7, 11) is 2.10. The first-order valence-corrected chi connectivity index (χ1v) is 6.85. The number of thioether (sulfide) groups is 1. The number of benzene rings is 1. The van der Waals surface area contributed by atoms with Gasteiger partial charge in [0.15, 0.2) is 0 Å². The molecule has 0 atom stereocenters. The summed E-state index contributed by atoms with van der Waals surface area (Å²) < 4.78 is 37.2. The number of likely N-dealkylation sites (tertiary alicyclic amines) is 1. The lowest BCUT2D eigenvalue weighted by atomic mass is 10.1. The Kier molecular flexibility index (Phi) is 4.22. The number of alkyl halides is 3. The van der Waals surface area contributed by atoms with E-state index >= 15 is 0 Å². The van der Waals surface area contributed by atoms with Gasteiger partial charge in [0.2, 0.25) is 0 Å². The zero-order valence-corrected chi connectivity index (χ0v) is 11.0. The Labute approximate surface area is 109 Å². The molecule has 1 fully saturated rings. The predicted octanol–water partition coefficient (Wildman–Crippen LogP) is 3.89. The monoisotopic (exact) mass is 275 g/mol. The molecule has 0 radical (unpaired) electrons. The van der Waals surface area contributed by atoms with Crippen molar-refractivity contribution >= 4 is 11.8 Å². The molecule has 2 rings (SSSR count). The first-order valence-electron chi connectivity index (χ1n) is 5.97. The highest BCUT2D eigenvalue weighted by molar-refractivity contribution is 8.00. The van der Waals surface area contributed by atoms with Gasteiger partial charge in [0.1, 0.15) is 0 Å². The van der Waals surface area contributed by atoms with E-state index in [9.17, 15) is 13.2 Å². The van der Waals surface area contributed by atoms with Crippen molar-refractivity contribution in [2.24, 2.45) is 0 Å². The first kappa shape index (κ1) is 13.7. The number of piperidine rings is 1. The lowest BCUT2D eigenvalue weighted by molar-refractivity contribution is -0.137. The number of halogens is 3. The molecule has 0 bridgehead atoms. The smallest absolute Gasteiger partial charge is 0.306 e. The summed E-state index contributed by atoms with van der Waals surface area (Å²) in [6.45, 7) is 2.14. The van der Waals surface area contributed by atoms with Gasteiger partial charge in [-0.2, -0.15) is 13.2 Å². The van der Waals surface area contributed by atoms with E-state index < -0.39 is 11.7 Å². The average Bonchev–Trinajstić information content (AvgIpc) is 2.32. The lowest BCUT2D eigenvalue weighted by Crippen LogP contribution is -2.31. The van der Waals surface area contributed by atoms with Crippen molar-refractivity contribution in [3.05, 3.63) is 29.8 Å². The maximum atomic E-state index is 12.4. The predicted molar refractivity (Wildman–Crippen MR) is 67.8 cm³/mol. The third-order valence-electron chi connectivity index (χ3n) is 3.15. The molecule has 1 aliphatic rings. The second-order valence-corrected chi connectivity index (χ2v) is 6.02. The molecule has 0 spiro atoms. The second-order valence-electron chi connectivity index (χ2n) is 4.64. The van der Waals surface area contributed by atoms with Gasteiger partial charge >= 0.3 is 6.18 Å². The van der Waals surface area contributed by atoms with Crippen LogP contribution in [-0.2, 0) is 6.18 Å². The molecule has 0 unspecified atom stereocenters. The van der Waals surface area contributed by atoms with Crippen LogP contribution < -0.4 is 0 Å². The van der Waals surface area contributed by atoms with Crippen LogP contribution in [-0.4, -0.2) is 30.3 Å². The van der Waals surface area contributed by atoms with Gasteiger partial charge in [-0.05, 0) is 57.2 Å². The van der Waals surface area contributed by atoms with Gasteiger partial charge in [-0.1, -0.05) is 0 Å². The summed E-state index contributed by atoms with van der Waals surface area (Å²) in [5.41, 5.74) is -0.574. The Hall–Kier alpha value is -0.680. The minimum absolute atomic E-state index is 0.526. The van der Waals surface area contributed by atoms with Gasteiger partial charge in [-0.15, -0.1) is 11.8 Å². The van der Waals surface area contributed by atoms with Crippen molar-refractivity contribution < 1.29 is 13.2 Å². The van der Waals surface area contributed by atoms with E-state index in [1.807, 2.05) is 0 Å². The highest BCUT2D eigenvalue weighted by Gasteiger charge is 2.30. The van der Waals surface area contributed by atoms with Crippen LogP contribution in [0, 0.1) is 0 Å². The van der Waals surface area contributed by atoms with Crippen LogP contribution in [0.3, 0.4) is 0 Å². The average molecular weight is 275 g/mol. The molecule has 5 heteroatoms. The van der Waals surface area contributed by atoms with E-state index in [0.717, 1.165) is 43.0 Å². The van der Waals surface area contributed by atoms with E-state index in [2.05, 4.69) is 11.9 Å². The molecular weight excluding hydrogens is 259 g/mol. The molecule has 1 aliphatic heterocycles. The van der Waals surface area contributed by atoms with Crippen LogP contribution in [0.1, 0.15) is 18.4 Å². The van der Waals surface area contributed by atoms with Crippen LogP contribution in [0.4, 0.5) is 13.2 Å². The SMILES string of the molecule is CN1CCC(Sc2ccc(C(F)(F)F)cc2)CC1. The van der Waals surface area contributed by atoms with Gasteiger partial charge in [-0.3, -0.25) is 0 Å². The van der Waals surface area contributed by atoms with Gasteiger partial charge in [0.05, 0.1) is 5.56 Å². The topological polar surface area (TPSA) is 3.24 Å². The third-order valence-corrected chi connectivity index (χ3v) is 4.50. The molecule has 18 heavy (non-hydrogen) atoms. The molecule has 1 aromatic rings. The molecule has 1 nitrogen and oxygen atoms in total. The molecule has 1 aromatic carbocycles. The van der Waals surface area contributed by atoms with Gasteiger partial charge in [0, 0.05) is 10.1 Å². The number of nitrogens with zero attached hydrogens (tertiary/aromatic N) is 1. The fourth-order valence-electron chi connectivity index (χ4n) is 2.02. The van der Waals surface area contributed by atoms with E-state index in [0.29, 0.717) is 5.25 Å². The van der Waals surface area contributed by atoms with Crippen molar-refractivity contribution in [3.8, 4) is 0 Å². The highest BCUT2D eigenvalue weighted by Crippen LogP contribution is 2.33. The largest absolute Gasteiger partial charge is 0.416 e. The lowest BCUT2D eigenvalue weighted by Gasteiger charge is -2.28. The Morgan fingerprint density at radius 3 is 2.17 bits per heavy atom. The molecule has 100 valence electrons. The summed E-state index contributed by atoms with van der Waals surface area (Å²) in [5, 5.41) is 0.526. The van der Waals surface area contributed by atoms with Crippen molar-refractivity contribution in [3.63, 3.8) is 0 Å². The normalized spacial score (nSPS) is 19.1. The summed E-state index contributed by atoms with van der Waals surface area (Å²) in [5.74, 6) is 0. The Balaban J connectivity index is 1.94. The van der Waals surface area contributed by atoms with Crippen molar-refractivity contribution in [1.82, 2.24) is 4.90 Å². The molecule has 0 saturated carbocycles. The minimum Gasteiger partial charge on any atom is -0.306 e. The number of hydrogen-bond donors (Lipinski definition) is 0. The van der Waals surface area contributed by atoms with Crippen LogP contribution in [0.25, 0.3) is 0 Å². The van der Waals surface area contributed by atoms with Crippen LogP contribution >= 0.6 is 11.8 Å². The van der Waals surface area contributed by atoms with E-state index in [-0.39, 0.29) is 0 Å². The van der Waals surface area contributed by atoms with E-state index in [1.165, 1.54) is 0 Å². The maximum absolute atomic E-state index is 12.4. The van der Waals surface area contributed by atoms with Crippen molar-refractivity contribution in [1.29, 1.82) is 0 Å². The van der Waals surface area contributed by atoms with E-state index in [4.69, 9.17) is 0 Å². The third kappa shape index (κ3) is 3.65. The molecule has 1 heterocycles. The molecule has 0 amide bonds. The molecular formula is C13H16F3NS. The summed E-state index contributed by atoms with van der Waals surface area (Å²) in [4.78, 5) is 3.21. The molecule has 1 saturated heterocycles. The summed E-state index contributed by atoms with van der Waals surface area (Å²) in [6.07, 6.45) is -2.04. The van der Waals surface area contributed by atoms with E-state index in [1.54, 1.807) is 23.9 Å². The van der Waals surface area contributed by atoms with Crippen LogP contribution in [0.15, 0.2) is 29.2 Å². The Morgan fingerprint density at radius 2 is 1.67 bits per heavy atom. The van der Waals surface area contributed by atoms with Crippen molar-refractivity contribution in [2.45, 2.75) is 29.2 Å². The van der Waals surface area contributed by atoms with Gasteiger partial charge < -0.3 is 4.90 Å². The summed E-state index contributed by atoms with van der Waals surface area (Å²) in [6, 6.07) is 5.48. The number of hydrogen-bond acceptors (Lipinski definition) is 2. The quantitative estimate of drug-likeness (QED) is 0.805. The Morgan fingerprint density at radius 1 is 1.11 bits per heavy atom. The fourth-order valence-corrected chi connectivity index (χ4v) is 3.14. The van der Waals surface area contributed by atoms with Crippen LogP contribution in [0.5, 0.6) is 0 Å². The van der Waals surface area contributed by atoms with Gasteiger partial charge in [0.25, 0.3) is 0 Å². The molecule has 0 N–H and O–H groups in total. The first-order chi connectivity index (χ1) is 8.45. The minimum atomic E-state index is -4.24. The van der Waals surface area contributed by atoms with Crippen molar-refractivity contribution in [2.75, 3.05) is 20.1 Å². The standard InChI is InChI=1S/C13H16F3NS/c1-17-8-6-12(7-9-17)18-11-4-2-10(3-5-11)13(14,15)16/h2-5,12H,6-9H2,1H3. The maximum Gasteiger partial charge on any atom is 0.416 e. The zero-order valence-electron chi connectivity index (χ0n) is 10.2. The second kappa shape index (κ2) is 5.53. The molecule has 0 aliphatic carbocycles. The van der Waals surface area contributed by atoms with Crippen LogP contribution in [0.2, 0.25) is 0 Å². The van der Waals surface area contributed by atoms with Gasteiger partial charge in [-0.25, -0.2) is 0 Å². The fraction of sp³-hybridized carbons (Fsp3) is 0.538. The highest BCUT2D eigenvalue weighted by atomic mass is 32.2.